The van der Waals surface area contributed by atoms with E-state index in [0.29, 0.717) is 35.2 Å². The van der Waals surface area contributed by atoms with Gasteiger partial charge < -0.3 is 15.1 Å². The molecule has 3 N–H and O–H groups in total. The van der Waals surface area contributed by atoms with Crippen LogP contribution in [0.5, 0.6) is 0 Å². The number of H-pyrrole nitrogens is 1. The fourth-order valence-corrected chi connectivity index (χ4v) is 3.85. The van der Waals surface area contributed by atoms with Crippen molar-refractivity contribution in [3.63, 3.8) is 0 Å². The second kappa shape index (κ2) is 11.2. The number of nitrogens with zero attached hydrogens (tertiary/aromatic N) is 3. The number of hydrogen-bond donors (Lipinski definition) is 2. The molecule has 0 bridgehead atoms. The average molecular weight is 488 g/mol. The Morgan fingerprint density at radius 3 is 2.71 bits per heavy atom. The van der Waals surface area contributed by atoms with Crippen LogP contribution >= 0.6 is 11.6 Å². The van der Waals surface area contributed by atoms with Gasteiger partial charge in [0.15, 0.2) is 17.3 Å². The van der Waals surface area contributed by atoms with Gasteiger partial charge in [0.2, 0.25) is 5.91 Å². The number of anilines is 2. The molecule has 9 nitrogen and oxygen atoms in total. The van der Waals surface area contributed by atoms with E-state index in [1.165, 1.54) is 9.47 Å². The normalized spacial score (nSPS) is 11.2. The number of nitrogens with two attached hydrogens (primary N) is 1. The minimum Gasteiger partial charge on any atom is -0.441 e. The number of aromatic amines is 1. The number of aromatic nitrogens is 3. The van der Waals surface area contributed by atoms with Gasteiger partial charge in [-0.3, -0.25) is 19.1 Å². The summed E-state index contributed by atoms with van der Waals surface area (Å²) in [6, 6.07) is 7.25. The van der Waals surface area contributed by atoms with Crippen LogP contribution in [0.3, 0.4) is 0 Å². The molecule has 10 heteroatoms. The van der Waals surface area contributed by atoms with Crippen LogP contribution in [-0.2, 0) is 17.8 Å². The number of nitrogens with one attached hydrogen (secondary N) is 1. The third-order valence-corrected chi connectivity index (χ3v) is 5.64. The summed E-state index contributed by atoms with van der Waals surface area (Å²) < 4.78 is 7.10. The monoisotopic (exact) mass is 487 g/mol. The van der Waals surface area contributed by atoms with Crippen molar-refractivity contribution in [2.75, 3.05) is 17.2 Å². The van der Waals surface area contributed by atoms with E-state index in [2.05, 4.69) is 9.97 Å². The largest absolute Gasteiger partial charge is 0.441 e. The molecule has 0 fully saturated rings. The summed E-state index contributed by atoms with van der Waals surface area (Å²) in [5, 5.41) is 0.539. The Balaban J connectivity index is 1.84. The predicted octanol–water partition coefficient (Wildman–Crippen LogP) is 3.85. The fourth-order valence-electron chi connectivity index (χ4n) is 3.62. The van der Waals surface area contributed by atoms with E-state index in [0.717, 1.165) is 6.42 Å². The molecule has 0 aliphatic rings. The number of benzene rings is 1. The highest BCUT2D eigenvalue weighted by Gasteiger charge is 2.25. The van der Waals surface area contributed by atoms with E-state index in [9.17, 15) is 14.4 Å². The number of halogens is 1. The molecule has 2 aromatic heterocycles. The highest BCUT2D eigenvalue weighted by atomic mass is 35.5. The van der Waals surface area contributed by atoms with Gasteiger partial charge in [0, 0.05) is 31.5 Å². The highest BCUT2D eigenvalue weighted by Crippen LogP contribution is 2.28. The van der Waals surface area contributed by atoms with Gasteiger partial charge in [-0.2, -0.15) is 0 Å². The van der Waals surface area contributed by atoms with E-state index in [-0.39, 0.29) is 42.7 Å². The van der Waals surface area contributed by atoms with Crippen molar-refractivity contribution in [2.24, 2.45) is 5.92 Å². The van der Waals surface area contributed by atoms with E-state index in [1.54, 1.807) is 12.3 Å². The number of carbonyl (C=O) groups is 1. The van der Waals surface area contributed by atoms with Gasteiger partial charge in [0.1, 0.15) is 5.82 Å². The molecule has 3 aromatic rings. The van der Waals surface area contributed by atoms with Gasteiger partial charge in [-0.15, -0.1) is 0 Å². The minimum absolute atomic E-state index is 0.00133. The molecule has 0 radical (unpaired) electrons. The molecular weight excluding hydrogens is 458 g/mol. The lowest BCUT2D eigenvalue weighted by atomic mass is 10.1. The van der Waals surface area contributed by atoms with E-state index >= 15 is 0 Å². The van der Waals surface area contributed by atoms with Crippen molar-refractivity contribution in [3.8, 4) is 11.3 Å². The Morgan fingerprint density at radius 1 is 1.29 bits per heavy atom. The first-order valence-electron chi connectivity index (χ1n) is 11.4. The third-order valence-electron chi connectivity index (χ3n) is 5.31. The molecule has 0 unspecified atom stereocenters. The average Bonchev–Trinajstić information content (AvgIpc) is 3.25. The Kier molecular flexibility index (Phi) is 8.33. The second-order valence-corrected chi connectivity index (χ2v) is 8.90. The van der Waals surface area contributed by atoms with Gasteiger partial charge in [-0.25, -0.2) is 9.78 Å². The first-order chi connectivity index (χ1) is 16.2. The lowest BCUT2D eigenvalue weighted by Crippen LogP contribution is -2.42. The van der Waals surface area contributed by atoms with Crippen LogP contribution in [0.4, 0.5) is 11.5 Å². The van der Waals surface area contributed by atoms with Crippen LogP contribution in [-0.4, -0.2) is 27.0 Å². The highest BCUT2D eigenvalue weighted by molar-refractivity contribution is 6.33. The van der Waals surface area contributed by atoms with Gasteiger partial charge in [-0.05, 0) is 24.5 Å². The number of unbranched alkanes of at least 4 members (excludes halogenated alkanes) is 1. The molecule has 0 saturated carbocycles. The quantitative estimate of drug-likeness (QED) is 0.447. The van der Waals surface area contributed by atoms with Crippen molar-refractivity contribution in [1.82, 2.24) is 14.5 Å². The van der Waals surface area contributed by atoms with Crippen molar-refractivity contribution in [1.29, 1.82) is 0 Å². The smallest absolute Gasteiger partial charge is 0.330 e. The van der Waals surface area contributed by atoms with Crippen LogP contribution in [0, 0.1) is 5.92 Å². The van der Waals surface area contributed by atoms with Crippen LogP contribution < -0.4 is 21.9 Å². The Hall–Kier alpha value is -3.33. The molecule has 0 atom stereocenters. The standard InChI is InChI=1S/C24H30ClN5O4/c1-4-5-12-29-22(26)21(23(32)28-24(29)33)30(14-15(2)3)20(31)11-10-19-27-13-18(34-19)16-8-6-7-9-17(16)25/h6-9,13,15H,4-5,10-12,14,26H2,1-3H3,(H,28,32,33). The summed E-state index contributed by atoms with van der Waals surface area (Å²) in [6.45, 7) is 6.48. The lowest BCUT2D eigenvalue weighted by molar-refractivity contribution is -0.118. The first-order valence-corrected chi connectivity index (χ1v) is 11.7. The Bertz CT molecular complexity index is 1260. The predicted molar refractivity (Wildman–Crippen MR) is 133 cm³/mol. The van der Waals surface area contributed by atoms with Gasteiger partial charge >= 0.3 is 5.69 Å². The van der Waals surface area contributed by atoms with E-state index in [4.69, 9.17) is 21.8 Å². The number of carbonyl (C=O) groups excluding carboxylic acids is 1. The van der Waals surface area contributed by atoms with Crippen LogP contribution in [0.1, 0.15) is 45.9 Å². The number of amides is 1. The van der Waals surface area contributed by atoms with Crippen molar-refractivity contribution >= 4 is 29.0 Å². The number of oxazole rings is 1. The molecule has 1 aromatic carbocycles. The maximum absolute atomic E-state index is 13.2. The lowest BCUT2D eigenvalue weighted by Gasteiger charge is -2.26. The Morgan fingerprint density at radius 2 is 2.03 bits per heavy atom. The van der Waals surface area contributed by atoms with Gasteiger partial charge in [0.25, 0.3) is 5.56 Å². The zero-order chi connectivity index (χ0) is 24.8. The van der Waals surface area contributed by atoms with Gasteiger partial charge in [0.05, 0.1) is 11.2 Å². The summed E-state index contributed by atoms with van der Waals surface area (Å²) in [5.41, 5.74) is 5.69. The maximum Gasteiger partial charge on any atom is 0.330 e. The summed E-state index contributed by atoms with van der Waals surface area (Å²) in [7, 11) is 0. The summed E-state index contributed by atoms with van der Waals surface area (Å²) >= 11 is 6.22. The van der Waals surface area contributed by atoms with E-state index in [1.807, 2.05) is 39.0 Å². The molecule has 0 aliphatic heterocycles. The van der Waals surface area contributed by atoms with Crippen molar-refractivity contribution < 1.29 is 9.21 Å². The minimum atomic E-state index is -0.679. The van der Waals surface area contributed by atoms with Crippen molar-refractivity contribution in [2.45, 2.75) is 53.0 Å². The molecule has 182 valence electrons. The molecule has 3 rings (SSSR count). The number of hydrogen-bond acceptors (Lipinski definition) is 6. The summed E-state index contributed by atoms with van der Waals surface area (Å²) in [5.74, 6) is 0.628. The number of nitrogen functional groups attached to an aromatic ring is 1. The summed E-state index contributed by atoms with van der Waals surface area (Å²) in [4.78, 5) is 46.1. The molecule has 1 amide bonds. The maximum atomic E-state index is 13.2. The molecular formula is C24H30ClN5O4. The summed E-state index contributed by atoms with van der Waals surface area (Å²) in [6.07, 6.45) is 3.40. The molecule has 34 heavy (non-hydrogen) atoms. The topological polar surface area (TPSA) is 127 Å². The molecule has 0 spiro atoms. The molecule has 0 aliphatic carbocycles. The molecule has 2 heterocycles. The van der Waals surface area contributed by atoms with Crippen molar-refractivity contribution in [3.05, 3.63) is 62.2 Å². The fraction of sp³-hybridized carbons (Fsp3) is 0.417. The zero-order valence-electron chi connectivity index (χ0n) is 19.6. The Labute approximate surface area is 202 Å². The van der Waals surface area contributed by atoms with Gasteiger partial charge in [-0.1, -0.05) is 50.9 Å². The van der Waals surface area contributed by atoms with Crippen LogP contribution in [0.2, 0.25) is 5.02 Å². The SMILES string of the molecule is CCCCn1c(N)c(N(CC(C)C)C(=O)CCc2ncc(-c3ccccc3Cl)o2)c(=O)[nH]c1=O. The van der Waals surface area contributed by atoms with E-state index < -0.39 is 11.2 Å². The third kappa shape index (κ3) is 5.77. The number of rotatable bonds is 10. The second-order valence-electron chi connectivity index (χ2n) is 8.49. The van der Waals surface area contributed by atoms with Crippen LogP contribution in [0.25, 0.3) is 11.3 Å². The molecule has 0 saturated heterocycles. The number of aryl methyl sites for hydroxylation is 1. The zero-order valence-corrected chi connectivity index (χ0v) is 20.4. The first kappa shape index (κ1) is 25.3. The van der Waals surface area contributed by atoms with Crippen LogP contribution in [0.15, 0.2) is 44.5 Å².